The first-order valence-electron chi connectivity index (χ1n) is 10.5. The molecule has 0 aliphatic rings. The lowest BCUT2D eigenvalue weighted by Gasteiger charge is -2.30. The van der Waals surface area contributed by atoms with Gasteiger partial charge in [-0.05, 0) is 53.5 Å². The molecule has 7 nitrogen and oxygen atoms in total. The fourth-order valence-electron chi connectivity index (χ4n) is 3.01. The van der Waals surface area contributed by atoms with Gasteiger partial charge in [-0.1, -0.05) is 49.6 Å². The fraction of sp³-hybridized carbons (Fsp3) is 0.542. The Hall–Kier alpha value is -3.01. The summed E-state index contributed by atoms with van der Waals surface area (Å²) in [6.07, 6.45) is 6.64. The summed E-state index contributed by atoms with van der Waals surface area (Å²) < 4.78 is 5.21. The van der Waals surface area contributed by atoms with E-state index in [0.717, 1.165) is 23.3 Å². The number of rotatable bonds is 8. The summed E-state index contributed by atoms with van der Waals surface area (Å²) in [6, 6.07) is 7.50. The lowest BCUT2D eigenvalue weighted by molar-refractivity contribution is -0.138. The van der Waals surface area contributed by atoms with E-state index in [9.17, 15) is 14.4 Å². The van der Waals surface area contributed by atoms with E-state index in [-0.39, 0.29) is 11.9 Å². The summed E-state index contributed by atoms with van der Waals surface area (Å²) in [5.41, 5.74) is 0.890. The summed E-state index contributed by atoms with van der Waals surface area (Å²) in [4.78, 5) is 39.4. The van der Waals surface area contributed by atoms with Crippen LogP contribution in [-0.4, -0.2) is 40.5 Å². The van der Waals surface area contributed by atoms with Gasteiger partial charge in [-0.2, -0.15) is 0 Å². The molecule has 0 saturated heterocycles. The van der Waals surface area contributed by atoms with Gasteiger partial charge in [-0.15, -0.1) is 0 Å². The Balaban J connectivity index is 3.16. The Morgan fingerprint density at radius 1 is 1.13 bits per heavy atom. The van der Waals surface area contributed by atoms with Gasteiger partial charge in [0.1, 0.15) is 17.7 Å². The molecule has 31 heavy (non-hydrogen) atoms. The van der Waals surface area contributed by atoms with Crippen LogP contribution in [0.1, 0.15) is 71.6 Å². The van der Waals surface area contributed by atoms with Crippen molar-refractivity contribution in [1.29, 1.82) is 0 Å². The predicted molar refractivity (Wildman–Crippen MR) is 121 cm³/mol. The number of carbonyl (C=O) groups is 3. The van der Waals surface area contributed by atoms with Crippen molar-refractivity contribution in [1.82, 2.24) is 15.5 Å². The molecule has 0 saturated carbocycles. The van der Waals surface area contributed by atoms with E-state index in [1.807, 2.05) is 32.9 Å². The fourth-order valence-corrected chi connectivity index (χ4v) is 3.01. The molecule has 2 N–H and O–H groups in total. The van der Waals surface area contributed by atoms with E-state index < -0.39 is 29.7 Å². The lowest BCUT2D eigenvalue weighted by atomic mass is 10.0. The quantitative estimate of drug-likeness (QED) is 0.487. The third-order valence-corrected chi connectivity index (χ3v) is 4.49. The van der Waals surface area contributed by atoms with Crippen LogP contribution < -0.4 is 10.6 Å². The molecule has 7 heteroatoms. The van der Waals surface area contributed by atoms with E-state index in [4.69, 9.17) is 11.2 Å². The molecule has 1 aromatic rings. The van der Waals surface area contributed by atoms with Gasteiger partial charge in [0.05, 0.1) is 0 Å². The number of carbonyl (C=O) groups excluding carboxylic acids is 3. The van der Waals surface area contributed by atoms with Crippen LogP contribution in [0.3, 0.4) is 0 Å². The molecule has 1 rings (SSSR count). The number of ether oxygens (including phenoxy) is 1. The molecule has 0 spiro atoms. The van der Waals surface area contributed by atoms with Crippen molar-refractivity contribution in [3.63, 3.8) is 0 Å². The minimum Gasteiger partial charge on any atom is -0.444 e. The second-order valence-electron chi connectivity index (χ2n) is 8.72. The Kier molecular flexibility index (Phi) is 9.57. The summed E-state index contributed by atoms with van der Waals surface area (Å²) >= 11 is 0. The van der Waals surface area contributed by atoms with Crippen molar-refractivity contribution in [3.05, 3.63) is 35.4 Å². The van der Waals surface area contributed by atoms with Crippen molar-refractivity contribution < 1.29 is 19.1 Å². The third kappa shape index (κ3) is 8.33. The van der Waals surface area contributed by atoms with Crippen LogP contribution in [0.2, 0.25) is 0 Å². The van der Waals surface area contributed by atoms with Gasteiger partial charge in [-0.25, -0.2) is 4.79 Å². The van der Waals surface area contributed by atoms with Gasteiger partial charge in [0.25, 0.3) is 5.91 Å². The first kappa shape index (κ1) is 26.0. The highest BCUT2D eigenvalue weighted by atomic mass is 16.6. The largest absolute Gasteiger partial charge is 0.444 e. The SMILES string of the molecule is C#CN(C(=O)C(C)NC(=O)OC(C)(C)C)C(C(=O)NC(C)CCC)c1ccc(C)cc1. The predicted octanol–water partition coefficient (Wildman–Crippen LogP) is 3.67. The van der Waals surface area contributed by atoms with Gasteiger partial charge < -0.3 is 15.4 Å². The number of nitrogens with zero attached hydrogens (tertiary/aromatic N) is 1. The van der Waals surface area contributed by atoms with Crippen LogP contribution in [0.4, 0.5) is 4.79 Å². The highest BCUT2D eigenvalue weighted by Crippen LogP contribution is 2.23. The zero-order valence-electron chi connectivity index (χ0n) is 19.6. The smallest absolute Gasteiger partial charge is 0.408 e. The highest BCUT2D eigenvalue weighted by molar-refractivity contribution is 5.93. The summed E-state index contributed by atoms with van der Waals surface area (Å²) in [7, 11) is 0. The van der Waals surface area contributed by atoms with E-state index in [2.05, 4.69) is 16.7 Å². The minimum atomic E-state index is -1.03. The van der Waals surface area contributed by atoms with Crippen molar-refractivity contribution in [2.45, 2.75) is 85.0 Å². The van der Waals surface area contributed by atoms with Gasteiger partial charge in [0.2, 0.25) is 5.91 Å². The number of hydrogen-bond donors (Lipinski definition) is 2. The Bertz CT molecular complexity index is 806. The lowest BCUT2D eigenvalue weighted by Crippen LogP contribution is -2.51. The molecular formula is C24H35N3O4. The van der Waals surface area contributed by atoms with E-state index in [0.29, 0.717) is 5.56 Å². The number of amides is 3. The van der Waals surface area contributed by atoms with Crippen LogP contribution in [0.25, 0.3) is 0 Å². The van der Waals surface area contributed by atoms with E-state index in [1.54, 1.807) is 32.9 Å². The van der Waals surface area contributed by atoms with Crippen LogP contribution in [0.5, 0.6) is 0 Å². The number of alkyl carbamates (subject to hydrolysis) is 1. The van der Waals surface area contributed by atoms with Crippen LogP contribution >= 0.6 is 0 Å². The van der Waals surface area contributed by atoms with Gasteiger partial charge in [-0.3, -0.25) is 14.5 Å². The molecule has 3 amide bonds. The average Bonchev–Trinajstić information content (AvgIpc) is 2.64. The monoisotopic (exact) mass is 429 g/mol. The van der Waals surface area contributed by atoms with Crippen LogP contribution in [-0.2, 0) is 14.3 Å². The molecule has 3 atom stereocenters. The molecule has 0 aliphatic carbocycles. The molecule has 0 fully saturated rings. The Morgan fingerprint density at radius 3 is 2.19 bits per heavy atom. The Morgan fingerprint density at radius 2 is 1.71 bits per heavy atom. The van der Waals surface area contributed by atoms with Crippen molar-refractivity contribution >= 4 is 17.9 Å². The maximum Gasteiger partial charge on any atom is 0.408 e. The third-order valence-electron chi connectivity index (χ3n) is 4.49. The van der Waals surface area contributed by atoms with Gasteiger partial charge in [0, 0.05) is 12.1 Å². The van der Waals surface area contributed by atoms with Crippen molar-refractivity contribution in [2.24, 2.45) is 0 Å². The maximum atomic E-state index is 13.1. The molecule has 0 bridgehead atoms. The number of nitrogens with one attached hydrogen (secondary N) is 2. The second-order valence-corrected chi connectivity index (χ2v) is 8.72. The molecule has 170 valence electrons. The molecule has 0 heterocycles. The summed E-state index contributed by atoms with van der Waals surface area (Å²) in [6.45, 7) is 12.5. The number of benzene rings is 1. The highest BCUT2D eigenvalue weighted by Gasteiger charge is 2.34. The first-order valence-corrected chi connectivity index (χ1v) is 10.5. The second kappa shape index (κ2) is 11.4. The van der Waals surface area contributed by atoms with Gasteiger partial charge >= 0.3 is 6.09 Å². The van der Waals surface area contributed by atoms with Crippen LogP contribution in [0, 0.1) is 19.4 Å². The van der Waals surface area contributed by atoms with Crippen LogP contribution in [0.15, 0.2) is 24.3 Å². The standard InChI is InChI=1S/C24H35N3O4/c1-9-11-17(4)25-21(28)20(19-14-12-16(3)13-15-19)27(10-2)22(29)18(5)26-23(30)31-24(6,7)8/h2,12-15,17-18,20H,9,11H2,1,3-8H3,(H,25,28)(H,26,30). The average molecular weight is 430 g/mol. The maximum absolute atomic E-state index is 13.1. The summed E-state index contributed by atoms with van der Waals surface area (Å²) in [5.74, 6) is -0.960. The Labute approximate surface area is 185 Å². The van der Waals surface area contributed by atoms with Crippen molar-refractivity contribution in [2.75, 3.05) is 0 Å². The topological polar surface area (TPSA) is 87.7 Å². The van der Waals surface area contributed by atoms with Gasteiger partial charge in [0.15, 0.2) is 0 Å². The van der Waals surface area contributed by atoms with E-state index in [1.165, 1.54) is 6.92 Å². The molecule has 3 unspecified atom stereocenters. The molecule has 0 radical (unpaired) electrons. The zero-order chi connectivity index (χ0) is 23.8. The minimum absolute atomic E-state index is 0.0718. The number of hydrogen-bond acceptors (Lipinski definition) is 4. The van der Waals surface area contributed by atoms with E-state index >= 15 is 0 Å². The van der Waals surface area contributed by atoms with Crippen molar-refractivity contribution in [3.8, 4) is 12.5 Å². The molecular weight excluding hydrogens is 394 g/mol. The summed E-state index contributed by atoms with van der Waals surface area (Å²) in [5, 5.41) is 5.42. The molecule has 1 aromatic carbocycles. The molecule has 0 aromatic heterocycles. The number of aryl methyl sites for hydroxylation is 1. The number of terminal acetylenes is 1. The molecule has 0 aliphatic heterocycles. The zero-order valence-corrected chi connectivity index (χ0v) is 19.6. The first-order chi connectivity index (χ1) is 14.4. The normalized spacial score (nSPS) is 13.9.